The smallest absolute Gasteiger partial charge is 0.170 e. The van der Waals surface area contributed by atoms with Gasteiger partial charge in [-0.05, 0) is 5.10 Å². The summed E-state index contributed by atoms with van der Waals surface area (Å²) in [7, 11) is 1.89. The predicted octanol–water partition coefficient (Wildman–Crippen LogP) is 0.182. The van der Waals surface area contributed by atoms with Crippen LogP contribution in [0.15, 0.2) is 4.34 Å². The highest BCUT2D eigenvalue weighted by atomic mass is 32.2. The first-order valence-corrected chi connectivity index (χ1v) is 3.43. The van der Waals surface area contributed by atoms with Crippen molar-refractivity contribution in [3.8, 4) is 0 Å². The maximum atomic E-state index is 4.81. The molecule has 1 aromatic rings. The van der Waals surface area contributed by atoms with Crippen molar-refractivity contribution in [2.24, 2.45) is 7.05 Å². The first-order valence-electron chi connectivity index (χ1n) is 2.21. The average Bonchev–Trinajstić information content (AvgIpc) is 1.85. The molecule has 0 N–H and O–H groups in total. The number of rotatable bonds is 0. The van der Waals surface area contributed by atoms with E-state index in [4.69, 9.17) is 12.6 Å². The number of aromatic nitrogens is 2. The van der Waals surface area contributed by atoms with Crippen LogP contribution in [0.4, 0.5) is 0 Å². The molecule has 0 spiro atoms. The van der Waals surface area contributed by atoms with Crippen LogP contribution in [-0.4, -0.2) is 5.10 Å². The van der Waals surface area contributed by atoms with Gasteiger partial charge in [-0.15, -0.1) is 4.68 Å². The zero-order chi connectivity index (χ0) is 6.15. The van der Waals surface area contributed by atoms with Gasteiger partial charge >= 0.3 is 0 Å². The van der Waals surface area contributed by atoms with E-state index in [1.165, 1.54) is 11.3 Å². The number of aryl methyl sites for hydroxylation is 2. The lowest BCUT2D eigenvalue weighted by Crippen LogP contribution is -2.32. The maximum absolute atomic E-state index is 4.81. The maximum Gasteiger partial charge on any atom is 0.170 e. The fraction of sp³-hybridized carbons (Fsp3) is 0.500. The molecule has 1 aromatic heterocycles. The van der Waals surface area contributed by atoms with Gasteiger partial charge in [-0.25, -0.2) is 0 Å². The van der Waals surface area contributed by atoms with Crippen LogP contribution in [0.1, 0.15) is 5.01 Å². The van der Waals surface area contributed by atoms with E-state index in [1.807, 2.05) is 14.0 Å². The van der Waals surface area contributed by atoms with Crippen LogP contribution in [-0.2, 0) is 19.7 Å². The Labute approximate surface area is 57.6 Å². The molecule has 0 saturated heterocycles. The molecule has 0 bridgehead atoms. The highest BCUT2D eigenvalue weighted by Gasteiger charge is 1.96. The van der Waals surface area contributed by atoms with E-state index in [0.717, 1.165) is 5.01 Å². The first-order chi connectivity index (χ1) is 3.70. The van der Waals surface area contributed by atoms with Gasteiger partial charge in [0.15, 0.2) is 12.1 Å². The average molecular weight is 146 g/mol. The van der Waals surface area contributed by atoms with Gasteiger partial charge in [0.25, 0.3) is 0 Å². The van der Waals surface area contributed by atoms with Crippen molar-refractivity contribution in [2.45, 2.75) is 11.3 Å². The zero-order valence-corrected chi connectivity index (χ0v) is 6.34. The summed E-state index contributed by atoms with van der Waals surface area (Å²) in [6, 6.07) is 0. The summed E-state index contributed by atoms with van der Waals surface area (Å²) >= 11 is 6.34. The molecule has 44 valence electrons. The number of hydrogen-bond acceptors (Lipinski definition) is 3. The standard InChI is InChI=1S/C4H6N2S2/c1-3-6(2)5-4(7)8-3/h1-2H3. The third-order valence-corrected chi connectivity index (χ3v) is 2.07. The fourth-order valence-electron chi connectivity index (χ4n) is 0.406. The van der Waals surface area contributed by atoms with E-state index in [1.54, 1.807) is 4.68 Å². The van der Waals surface area contributed by atoms with Gasteiger partial charge < -0.3 is 12.6 Å². The summed E-state index contributed by atoms with van der Waals surface area (Å²) in [4.78, 5) is 0. The predicted molar refractivity (Wildman–Crippen MR) is 33.7 cm³/mol. The second kappa shape index (κ2) is 1.95. The summed E-state index contributed by atoms with van der Waals surface area (Å²) in [5, 5.41) is 5.11. The van der Waals surface area contributed by atoms with E-state index >= 15 is 0 Å². The lowest BCUT2D eigenvalue weighted by Gasteiger charge is -1.76. The Morgan fingerprint density at radius 2 is 2.38 bits per heavy atom. The summed E-state index contributed by atoms with van der Waals surface area (Å²) in [5.41, 5.74) is 0. The summed E-state index contributed by atoms with van der Waals surface area (Å²) in [6.45, 7) is 1.99. The van der Waals surface area contributed by atoms with Gasteiger partial charge in [0.05, 0.1) is 0 Å². The van der Waals surface area contributed by atoms with Gasteiger partial charge in [0, 0.05) is 11.3 Å². The molecule has 1 heterocycles. The molecule has 0 aliphatic rings. The van der Waals surface area contributed by atoms with Crippen LogP contribution in [0, 0.1) is 6.92 Å². The lowest BCUT2D eigenvalue weighted by molar-refractivity contribution is -0.733. The van der Waals surface area contributed by atoms with Crippen LogP contribution in [0.25, 0.3) is 0 Å². The first kappa shape index (κ1) is 5.91. The van der Waals surface area contributed by atoms with Crippen LogP contribution in [0.5, 0.6) is 0 Å². The van der Waals surface area contributed by atoms with Crippen molar-refractivity contribution in [1.29, 1.82) is 0 Å². The van der Waals surface area contributed by atoms with Gasteiger partial charge in [-0.3, -0.25) is 11.3 Å². The van der Waals surface area contributed by atoms with Crippen LogP contribution in [0.3, 0.4) is 0 Å². The molecule has 4 heteroatoms. The Morgan fingerprint density at radius 1 is 1.75 bits per heavy atom. The lowest BCUT2D eigenvalue weighted by atomic mass is 10.8. The SMILES string of the molecule is Cc1sc([S-])n[n+]1C. The van der Waals surface area contributed by atoms with Crippen molar-refractivity contribution in [3.05, 3.63) is 5.01 Å². The van der Waals surface area contributed by atoms with E-state index in [0.29, 0.717) is 4.34 Å². The molecule has 8 heavy (non-hydrogen) atoms. The topological polar surface area (TPSA) is 16.8 Å². The minimum absolute atomic E-state index is 0.713. The largest absolute Gasteiger partial charge is 0.402 e. The summed E-state index contributed by atoms with van der Waals surface area (Å²) in [5.74, 6) is 0. The molecule has 0 aromatic carbocycles. The Bertz CT molecular complexity index is 174. The van der Waals surface area contributed by atoms with Crippen molar-refractivity contribution < 1.29 is 4.68 Å². The Balaban J connectivity index is 3.14. The molecular weight excluding hydrogens is 140 g/mol. The van der Waals surface area contributed by atoms with Crippen molar-refractivity contribution >= 4 is 24.0 Å². The minimum atomic E-state index is 0.713. The summed E-state index contributed by atoms with van der Waals surface area (Å²) < 4.78 is 2.50. The van der Waals surface area contributed by atoms with Crippen molar-refractivity contribution in [1.82, 2.24) is 5.10 Å². The number of nitrogens with zero attached hydrogens (tertiary/aromatic N) is 2. The second-order valence-corrected chi connectivity index (χ2v) is 3.34. The van der Waals surface area contributed by atoms with E-state index < -0.39 is 0 Å². The number of hydrogen-bond donors (Lipinski definition) is 0. The molecule has 2 nitrogen and oxygen atoms in total. The van der Waals surface area contributed by atoms with Gasteiger partial charge in [0.1, 0.15) is 0 Å². The fourth-order valence-corrected chi connectivity index (χ4v) is 1.48. The molecule has 0 fully saturated rings. The van der Waals surface area contributed by atoms with E-state index in [-0.39, 0.29) is 0 Å². The molecule has 0 aliphatic carbocycles. The Hall–Kier alpha value is -0.220. The van der Waals surface area contributed by atoms with Gasteiger partial charge in [0.2, 0.25) is 0 Å². The molecule has 0 unspecified atom stereocenters. The molecular formula is C4H6N2S2. The highest BCUT2D eigenvalue weighted by Crippen LogP contribution is 2.02. The quantitative estimate of drug-likeness (QED) is 0.383. The van der Waals surface area contributed by atoms with Crippen LogP contribution in [0.2, 0.25) is 0 Å². The Morgan fingerprint density at radius 3 is 2.50 bits per heavy atom. The molecule has 0 radical (unpaired) electrons. The second-order valence-electron chi connectivity index (χ2n) is 1.51. The highest BCUT2D eigenvalue weighted by molar-refractivity contribution is 7.62. The third-order valence-electron chi connectivity index (χ3n) is 0.922. The molecule has 0 amide bonds. The monoisotopic (exact) mass is 146 g/mol. The van der Waals surface area contributed by atoms with Crippen molar-refractivity contribution in [2.75, 3.05) is 0 Å². The molecule has 1 rings (SSSR count). The Kier molecular flexibility index (Phi) is 1.44. The molecule has 0 aliphatic heterocycles. The molecule has 0 saturated carbocycles. The van der Waals surface area contributed by atoms with Gasteiger partial charge in [-0.1, -0.05) is 0 Å². The third kappa shape index (κ3) is 0.952. The van der Waals surface area contributed by atoms with E-state index in [2.05, 4.69) is 5.10 Å². The zero-order valence-electron chi connectivity index (χ0n) is 4.71. The molecule has 0 atom stereocenters. The minimum Gasteiger partial charge on any atom is -0.402 e. The van der Waals surface area contributed by atoms with Crippen molar-refractivity contribution in [3.63, 3.8) is 0 Å². The van der Waals surface area contributed by atoms with E-state index in [9.17, 15) is 0 Å². The summed E-state index contributed by atoms with van der Waals surface area (Å²) in [6.07, 6.45) is 0. The van der Waals surface area contributed by atoms with Crippen LogP contribution < -0.4 is 4.68 Å². The van der Waals surface area contributed by atoms with Gasteiger partial charge in [-0.2, -0.15) is 0 Å². The normalized spacial score (nSPS) is 9.75. The van der Waals surface area contributed by atoms with Crippen LogP contribution >= 0.6 is 11.3 Å².